The molecule has 0 aliphatic carbocycles. The lowest BCUT2D eigenvalue weighted by atomic mass is 10.1. The van der Waals surface area contributed by atoms with Crippen LogP contribution in [0.5, 0.6) is 0 Å². The number of hydrogen-bond acceptors (Lipinski definition) is 3. The molecular weight excluding hydrogens is 200 g/mol. The van der Waals surface area contributed by atoms with Gasteiger partial charge in [-0.2, -0.15) is 5.10 Å². The van der Waals surface area contributed by atoms with Crippen LogP contribution in [0.3, 0.4) is 0 Å². The normalized spacial score (nSPS) is 21.8. The van der Waals surface area contributed by atoms with Gasteiger partial charge in [-0.15, -0.1) is 0 Å². The first kappa shape index (κ1) is 8.71. The van der Waals surface area contributed by atoms with Gasteiger partial charge in [0.05, 0.1) is 6.04 Å². The van der Waals surface area contributed by atoms with Crippen LogP contribution in [0.2, 0.25) is 5.15 Å². The van der Waals surface area contributed by atoms with E-state index in [0.29, 0.717) is 11.2 Å². The van der Waals surface area contributed by atoms with Crippen LogP contribution in [0.25, 0.3) is 0 Å². The minimum atomic E-state index is 0.523. The van der Waals surface area contributed by atoms with Crippen molar-refractivity contribution in [3.05, 3.63) is 16.4 Å². The Morgan fingerprint density at radius 2 is 2.21 bits per heavy atom. The second kappa shape index (κ2) is 3.22. The van der Waals surface area contributed by atoms with Gasteiger partial charge in [0.25, 0.3) is 0 Å². The van der Waals surface area contributed by atoms with Gasteiger partial charge in [0.15, 0.2) is 5.15 Å². The van der Waals surface area contributed by atoms with Gasteiger partial charge < -0.3 is 10.6 Å². The van der Waals surface area contributed by atoms with Crippen LogP contribution in [0, 0.1) is 0 Å². The van der Waals surface area contributed by atoms with Crippen LogP contribution in [-0.4, -0.2) is 29.4 Å². The van der Waals surface area contributed by atoms with Crippen LogP contribution in [0.4, 0.5) is 0 Å². The fourth-order valence-corrected chi connectivity index (χ4v) is 2.34. The number of rotatable bonds is 1. The number of halogens is 1. The molecule has 1 saturated heterocycles. The molecular formula is C9H13ClN4. The maximum absolute atomic E-state index is 6.10. The molecule has 3 heterocycles. The zero-order chi connectivity index (χ0) is 9.54. The van der Waals surface area contributed by atoms with Crippen molar-refractivity contribution in [2.24, 2.45) is 0 Å². The van der Waals surface area contributed by atoms with Gasteiger partial charge in [0.1, 0.15) is 0 Å². The molecule has 0 unspecified atom stereocenters. The predicted octanol–water partition coefficient (Wildman–Crippen LogP) is 0.326. The lowest BCUT2D eigenvalue weighted by molar-refractivity contribution is 0.308. The predicted molar refractivity (Wildman–Crippen MR) is 54.6 cm³/mol. The molecule has 0 bridgehead atoms. The molecule has 0 saturated carbocycles. The van der Waals surface area contributed by atoms with Crippen molar-refractivity contribution in [1.29, 1.82) is 0 Å². The lowest BCUT2D eigenvalue weighted by Gasteiger charge is -2.29. The maximum Gasteiger partial charge on any atom is 0.155 e. The summed E-state index contributed by atoms with van der Waals surface area (Å²) in [5.41, 5.74) is 2.53. The monoisotopic (exact) mass is 212 g/mol. The van der Waals surface area contributed by atoms with E-state index in [-0.39, 0.29) is 0 Å². The summed E-state index contributed by atoms with van der Waals surface area (Å²) in [5, 5.41) is 11.7. The Morgan fingerprint density at radius 3 is 2.93 bits per heavy atom. The molecule has 1 aromatic heterocycles. The van der Waals surface area contributed by atoms with Crippen molar-refractivity contribution in [3.63, 3.8) is 0 Å². The number of nitrogens with one attached hydrogen (secondary N) is 2. The molecule has 3 rings (SSSR count). The SMILES string of the molecule is Clc1nn(C2CNC2)c2c1CNCC2. The summed E-state index contributed by atoms with van der Waals surface area (Å²) in [6.07, 6.45) is 1.05. The molecule has 14 heavy (non-hydrogen) atoms. The summed E-state index contributed by atoms with van der Waals surface area (Å²) in [6, 6.07) is 0.523. The molecule has 76 valence electrons. The standard InChI is InChI=1S/C9H13ClN4/c10-9-7-5-11-2-1-8(7)14(13-9)6-3-12-4-6/h6,11-12H,1-5H2. The molecule has 5 heteroatoms. The van der Waals surface area contributed by atoms with E-state index in [1.807, 2.05) is 0 Å². The molecule has 1 fully saturated rings. The molecule has 0 amide bonds. The van der Waals surface area contributed by atoms with E-state index in [4.69, 9.17) is 11.6 Å². The molecule has 0 aromatic carbocycles. The number of fused-ring (bicyclic) bond motifs is 1. The minimum Gasteiger partial charge on any atom is -0.312 e. The van der Waals surface area contributed by atoms with Crippen molar-refractivity contribution in [3.8, 4) is 0 Å². The highest BCUT2D eigenvalue weighted by Gasteiger charge is 2.27. The molecule has 0 radical (unpaired) electrons. The largest absolute Gasteiger partial charge is 0.312 e. The topological polar surface area (TPSA) is 41.9 Å². The molecule has 4 nitrogen and oxygen atoms in total. The van der Waals surface area contributed by atoms with Gasteiger partial charge in [-0.3, -0.25) is 4.68 Å². The summed E-state index contributed by atoms with van der Waals surface area (Å²) in [5.74, 6) is 0. The minimum absolute atomic E-state index is 0.523. The van der Waals surface area contributed by atoms with Gasteiger partial charge in [0, 0.05) is 43.9 Å². The Balaban J connectivity index is 2.02. The second-order valence-corrected chi connectivity index (χ2v) is 4.26. The maximum atomic E-state index is 6.10. The van der Waals surface area contributed by atoms with Gasteiger partial charge in [-0.05, 0) is 0 Å². The van der Waals surface area contributed by atoms with Gasteiger partial charge in [-0.25, -0.2) is 0 Å². The van der Waals surface area contributed by atoms with Gasteiger partial charge >= 0.3 is 0 Å². The van der Waals surface area contributed by atoms with Crippen molar-refractivity contribution in [2.45, 2.75) is 19.0 Å². The highest BCUT2D eigenvalue weighted by Crippen LogP contribution is 2.26. The van der Waals surface area contributed by atoms with Crippen LogP contribution in [0.15, 0.2) is 0 Å². The Hall–Kier alpha value is -0.580. The van der Waals surface area contributed by atoms with E-state index in [0.717, 1.165) is 32.6 Å². The number of nitrogens with zero attached hydrogens (tertiary/aromatic N) is 2. The Morgan fingerprint density at radius 1 is 1.36 bits per heavy atom. The first-order valence-electron chi connectivity index (χ1n) is 5.03. The van der Waals surface area contributed by atoms with E-state index in [2.05, 4.69) is 20.4 Å². The summed E-state index contributed by atoms with van der Waals surface area (Å²) in [4.78, 5) is 0. The third-order valence-electron chi connectivity index (χ3n) is 3.02. The summed E-state index contributed by atoms with van der Waals surface area (Å²) >= 11 is 6.10. The average Bonchev–Trinajstić information content (AvgIpc) is 2.43. The van der Waals surface area contributed by atoms with Crippen LogP contribution >= 0.6 is 11.6 Å². The Bertz CT molecular complexity index is 356. The third kappa shape index (κ3) is 1.18. The smallest absolute Gasteiger partial charge is 0.155 e. The second-order valence-electron chi connectivity index (χ2n) is 3.90. The highest BCUT2D eigenvalue weighted by molar-refractivity contribution is 6.30. The summed E-state index contributed by atoms with van der Waals surface area (Å²) < 4.78 is 2.12. The lowest BCUT2D eigenvalue weighted by Crippen LogP contribution is -2.44. The highest BCUT2D eigenvalue weighted by atomic mass is 35.5. The fourth-order valence-electron chi connectivity index (χ4n) is 2.08. The van der Waals surface area contributed by atoms with E-state index < -0.39 is 0 Å². The zero-order valence-corrected chi connectivity index (χ0v) is 8.64. The summed E-state index contributed by atoms with van der Waals surface area (Å²) in [6.45, 7) is 3.96. The van der Waals surface area contributed by atoms with Crippen LogP contribution in [-0.2, 0) is 13.0 Å². The first-order chi connectivity index (χ1) is 6.86. The molecule has 2 N–H and O–H groups in total. The van der Waals surface area contributed by atoms with Crippen molar-refractivity contribution in [2.75, 3.05) is 19.6 Å². The Labute approximate surface area is 87.6 Å². The first-order valence-corrected chi connectivity index (χ1v) is 5.41. The van der Waals surface area contributed by atoms with Crippen molar-refractivity contribution < 1.29 is 0 Å². The van der Waals surface area contributed by atoms with E-state index in [1.54, 1.807) is 0 Å². The van der Waals surface area contributed by atoms with E-state index in [9.17, 15) is 0 Å². The van der Waals surface area contributed by atoms with E-state index >= 15 is 0 Å². The van der Waals surface area contributed by atoms with Gasteiger partial charge in [-0.1, -0.05) is 11.6 Å². The number of aromatic nitrogens is 2. The van der Waals surface area contributed by atoms with Gasteiger partial charge in [0.2, 0.25) is 0 Å². The molecule has 2 aliphatic rings. The zero-order valence-electron chi connectivity index (χ0n) is 7.89. The van der Waals surface area contributed by atoms with Crippen LogP contribution < -0.4 is 10.6 Å². The quantitative estimate of drug-likeness (QED) is 0.705. The summed E-state index contributed by atoms with van der Waals surface area (Å²) in [7, 11) is 0. The van der Waals surface area contributed by atoms with Crippen LogP contribution in [0.1, 0.15) is 17.3 Å². The molecule has 1 aromatic rings. The molecule has 2 aliphatic heterocycles. The molecule has 0 atom stereocenters. The average molecular weight is 213 g/mol. The van der Waals surface area contributed by atoms with E-state index in [1.165, 1.54) is 11.3 Å². The third-order valence-corrected chi connectivity index (χ3v) is 3.32. The fraction of sp³-hybridized carbons (Fsp3) is 0.667. The Kier molecular flexibility index (Phi) is 2.00. The molecule has 0 spiro atoms. The van der Waals surface area contributed by atoms with Crippen molar-refractivity contribution in [1.82, 2.24) is 20.4 Å². The van der Waals surface area contributed by atoms with Crippen molar-refractivity contribution >= 4 is 11.6 Å². The number of hydrogen-bond donors (Lipinski definition) is 2.